The first kappa shape index (κ1) is 17.5. The molecule has 3 heteroatoms. The average Bonchev–Trinajstić information content (AvgIpc) is 2.82. The minimum Gasteiger partial charge on any atom is -0.346 e. The Balaban J connectivity index is 1.80. The first-order chi connectivity index (χ1) is 11.0. The fraction of sp³-hybridized carbons (Fsp3) is 0.450. The van der Waals surface area contributed by atoms with Crippen LogP contribution in [-0.4, -0.2) is 23.4 Å². The summed E-state index contributed by atoms with van der Waals surface area (Å²) in [6, 6.07) is 12.9. The van der Waals surface area contributed by atoms with Gasteiger partial charge in [-0.25, -0.2) is 0 Å². The largest absolute Gasteiger partial charge is 0.346 e. The molecule has 0 unspecified atom stereocenters. The Hall–Kier alpha value is -1.87. The van der Waals surface area contributed by atoms with Crippen molar-refractivity contribution in [2.45, 2.75) is 46.6 Å². The SMILES string of the molecule is Cc1cc(C(=O)CNCCCc2ccccc2)c(C)n1C(C)C. The van der Waals surface area contributed by atoms with E-state index in [2.05, 4.69) is 54.9 Å². The van der Waals surface area contributed by atoms with E-state index < -0.39 is 0 Å². The number of benzene rings is 1. The second-order valence-electron chi connectivity index (χ2n) is 6.44. The number of carbonyl (C=O) groups is 1. The number of Topliss-reactive ketones (excluding diaryl/α,β-unsaturated/α-hetero) is 1. The Bertz CT molecular complexity index is 641. The number of aromatic nitrogens is 1. The van der Waals surface area contributed by atoms with E-state index in [1.165, 1.54) is 5.56 Å². The van der Waals surface area contributed by atoms with Gasteiger partial charge in [-0.2, -0.15) is 0 Å². The Morgan fingerprint density at radius 2 is 1.87 bits per heavy atom. The molecule has 0 radical (unpaired) electrons. The van der Waals surface area contributed by atoms with Gasteiger partial charge in [-0.15, -0.1) is 0 Å². The molecule has 0 aliphatic carbocycles. The van der Waals surface area contributed by atoms with Crippen LogP contribution < -0.4 is 5.32 Å². The molecule has 0 saturated carbocycles. The van der Waals surface area contributed by atoms with Crippen LogP contribution in [0.15, 0.2) is 36.4 Å². The first-order valence-electron chi connectivity index (χ1n) is 8.47. The molecule has 124 valence electrons. The lowest BCUT2D eigenvalue weighted by atomic mass is 10.1. The summed E-state index contributed by atoms with van der Waals surface area (Å²) in [5.74, 6) is 0.185. The van der Waals surface area contributed by atoms with Crippen molar-refractivity contribution >= 4 is 5.78 Å². The Labute approximate surface area is 139 Å². The van der Waals surface area contributed by atoms with Gasteiger partial charge in [-0.1, -0.05) is 30.3 Å². The Morgan fingerprint density at radius 3 is 2.48 bits per heavy atom. The van der Waals surface area contributed by atoms with Crippen LogP contribution in [0.3, 0.4) is 0 Å². The summed E-state index contributed by atoms with van der Waals surface area (Å²) in [7, 11) is 0. The van der Waals surface area contributed by atoms with Crippen LogP contribution in [0.1, 0.15) is 53.6 Å². The van der Waals surface area contributed by atoms with Crippen LogP contribution in [0.5, 0.6) is 0 Å². The van der Waals surface area contributed by atoms with E-state index in [-0.39, 0.29) is 5.78 Å². The summed E-state index contributed by atoms with van der Waals surface area (Å²) in [4.78, 5) is 12.4. The first-order valence-corrected chi connectivity index (χ1v) is 8.47. The topological polar surface area (TPSA) is 34.0 Å². The van der Waals surface area contributed by atoms with Crippen molar-refractivity contribution in [1.82, 2.24) is 9.88 Å². The number of carbonyl (C=O) groups excluding carboxylic acids is 1. The molecule has 3 nitrogen and oxygen atoms in total. The van der Waals surface area contributed by atoms with E-state index in [0.717, 1.165) is 36.3 Å². The fourth-order valence-electron chi connectivity index (χ4n) is 3.21. The van der Waals surface area contributed by atoms with E-state index in [0.29, 0.717) is 12.6 Å². The van der Waals surface area contributed by atoms with Gasteiger partial charge in [-0.3, -0.25) is 4.79 Å². The molecular weight excluding hydrogens is 284 g/mol. The molecule has 2 aromatic rings. The maximum atomic E-state index is 12.4. The highest BCUT2D eigenvalue weighted by Gasteiger charge is 2.16. The second kappa shape index (κ2) is 8.11. The highest BCUT2D eigenvalue weighted by Crippen LogP contribution is 2.20. The molecule has 1 heterocycles. The summed E-state index contributed by atoms with van der Waals surface area (Å²) < 4.78 is 2.22. The van der Waals surface area contributed by atoms with Gasteiger partial charge >= 0.3 is 0 Å². The van der Waals surface area contributed by atoms with Gasteiger partial charge in [0, 0.05) is 23.0 Å². The fourth-order valence-corrected chi connectivity index (χ4v) is 3.21. The lowest BCUT2D eigenvalue weighted by Crippen LogP contribution is -2.24. The number of rotatable bonds is 8. The molecule has 2 rings (SSSR count). The molecule has 0 spiro atoms. The zero-order chi connectivity index (χ0) is 16.8. The van der Waals surface area contributed by atoms with Gasteiger partial charge in [0.2, 0.25) is 0 Å². The van der Waals surface area contributed by atoms with Gasteiger partial charge < -0.3 is 9.88 Å². The molecule has 0 aliphatic heterocycles. The molecule has 23 heavy (non-hydrogen) atoms. The van der Waals surface area contributed by atoms with Gasteiger partial charge in [0.1, 0.15) is 0 Å². The molecule has 0 fully saturated rings. The quantitative estimate of drug-likeness (QED) is 0.588. The van der Waals surface area contributed by atoms with E-state index >= 15 is 0 Å². The third-order valence-electron chi connectivity index (χ3n) is 4.25. The second-order valence-corrected chi connectivity index (χ2v) is 6.44. The number of hydrogen-bond acceptors (Lipinski definition) is 2. The van der Waals surface area contributed by atoms with Crippen molar-refractivity contribution < 1.29 is 4.79 Å². The molecule has 0 saturated heterocycles. The zero-order valence-corrected chi connectivity index (χ0v) is 14.7. The lowest BCUT2D eigenvalue weighted by Gasteiger charge is -2.13. The van der Waals surface area contributed by atoms with Crippen LogP contribution in [0.25, 0.3) is 0 Å². The summed E-state index contributed by atoms with van der Waals surface area (Å²) in [5, 5.41) is 3.28. The van der Waals surface area contributed by atoms with Crippen LogP contribution in [0.2, 0.25) is 0 Å². The molecule has 0 amide bonds. The molecule has 0 bridgehead atoms. The van der Waals surface area contributed by atoms with Crippen LogP contribution in [-0.2, 0) is 6.42 Å². The number of ketones is 1. The molecule has 1 aromatic heterocycles. The van der Waals surface area contributed by atoms with Gasteiger partial charge in [-0.05, 0) is 58.7 Å². The maximum Gasteiger partial charge on any atom is 0.178 e. The van der Waals surface area contributed by atoms with E-state index in [4.69, 9.17) is 0 Å². The predicted molar refractivity (Wildman–Crippen MR) is 96.3 cm³/mol. The summed E-state index contributed by atoms with van der Waals surface area (Å²) in [5.41, 5.74) is 4.44. The molecule has 1 N–H and O–H groups in total. The minimum atomic E-state index is 0.185. The van der Waals surface area contributed by atoms with Crippen molar-refractivity contribution in [3.8, 4) is 0 Å². The van der Waals surface area contributed by atoms with Crippen molar-refractivity contribution in [2.75, 3.05) is 13.1 Å². The average molecular weight is 312 g/mol. The van der Waals surface area contributed by atoms with E-state index in [1.54, 1.807) is 0 Å². The van der Waals surface area contributed by atoms with Crippen molar-refractivity contribution in [2.24, 2.45) is 0 Å². The molecule has 0 aliphatic rings. The molecule has 0 atom stereocenters. The predicted octanol–water partition coefficient (Wildman–Crippen LogP) is 4.09. The van der Waals surface area contributed by atoms with Crippen LogP contribution in [0.4, 0.5) is 0 Å². The molecular formula is C20H28N2O. The van der Waals surface area contributed by atoms with E-state index in [1.807, 2.05) is 19.1 Å². The van der Waals surface area contributed by atoms with Gasteiger partial charge in [0.15, 0.2) is 5.78 Å². The summed E-state index contributed by atoms with van der Waals surface area (Å²) in [6.07, 6.45) is 2.09. The van der Waals surface area contributed by atoms with Crippen LogP contribution in [0, 0.1) is 13.8 Å². The Morgan fingerprint density at radius 1 is 1.17 bits per heavy atom. The number of aryl methyl sites for hydroxylation is 2. The number of nitrogens with zero attached hydrogens (tertiary/aromatic N) is 1. The maximum absolute atomic E-state index is 12.4. The summed E-state index contributed by atoms with van der Waals surface area (Å²) >= 11 is 0. The monoisotopic (exact) mass is 312 g/mol. The number of nitrogens with one attached hydrogen (secondary N) is 1. The normalized spacial score (nSPS) is 11.2. The third-order valence-corrected chi connectivity index (χ3v) is 4.25. The lowest BCUT2D eigenvalue weighted by molar-refractivity contribution is 0.0990. The number of hydrogen-bond donors (Lipinski definition) is 1. The van der Waals surface area contributed by atoms with Gasteiger partial charge in [0.05, 0.1) is 6.54 Å². The smallest absolute Gasteiger partial charge is 0.178 e. The van der Waals surface area contributed by atoms with Crippen molar-refractivity contribution in [1.29, 1.82) is 0 Å². The highest BCUT2D eigenvalue weighted by molar-refractivity contribution is 5.99. The van der Waals surface area contributed by atoms with Crippen molar-refractivity contribution in [3.05, 3.63) is 58.9 Å². The van der Waals surface area contributed by atoms with E-state index in [9.17, 15) is 4.79 Å². The minimum absolute atomic E-state index is 0.185. The summed E-state index contributed by atoms with van der Waals surface area (Å²) in [6.45, 7) is 9.68. The highest BCUT2D eigenvalue weighted by atomic mass is 16.1. The van der Waals surface area contributed by atoms with Crippen LogP contribution >= 0.6 is 0 Å². The zero-order valence-electron chi connectivity index (χ0n) is 14.7. The molecule has 1 aromatic carbocycles. The van der Waals surface area contributed by atoms with Gasteiger partial charge in [0.25, 0.3) is 0 Å². The Kier molecular flexibility index (Phi) is 6.17. The van der Waals surface area contributed by atoms with Crippen molar-refractivity contribution in [3.63, 3.8) is 0 Å². The standard InChI is InChI=1S/C20H28N2O/c1-15(2)22-16(3)13-19(17(22)4)20(23)14-21-12-8-11-18-9-6-5-7-10-18/h5-7,9-10,13,15,21H,8,11-12,14H2,1-4H3. The third kappa shape index (κ3) is 4.55.